The van der Waals surface area contributed by atoms with Crippen LogP contribution in [0.5, 0.6) is 0 Å². The Kier molecular flexibility index (Phi) is 9.60. The van der Waals surface area contributed by atoms with E-state index < -0.39 is 0 Å². The Morgan fingerprint density at radius 2 is 2.08 bits per heavy atom. The van der Waals surface area contributed by atoms with E-state index in [4.69, 9.17) is 18.9 Å². The normalized spacial score (nSPS) is 18.9. The minimum atomic E-state index is -0.248. The summed E-state index contributed by atoms with van der Waals surface area (Å²) in [5.41, 5.74) is 0.632. The van der Waals surface area contributed by atoms with Crippen LogP contribution in [0, 0.1) is 5.41 Å². The van der Waals surface area contributed by atoms with Gasteiger partial charge >= 0.3 is 5.97 Å². The van der Waals surface area contributed by atoms with E-state index in [1.165, 1.54) is 0 Å². The van der Waals surface area contributed by atoms with E-state index in [-0.39, 0.29) is 24.3 Å². The Morgan fingerprint density at radius 3 is 2.75 bits per heavy atom. The highest BCUT2D eigenvalue weighted by Gasteiger charge is 2.28. The molecule has 0 N–H and O–H groups in total. The molecule has 0 aromatic heterocycles. The van der Waals surface area contributed by atoms with Crippen molar-refractivity contribution in [2.45, 2.75) is 39.2 Å². The molecular formula is C19H30O5. The van der Waals surface area contributed by atoms with Crippen LogP contribution in [0.2, 0.25) is 0 Å². The molecule has 0 aliphatic carbocycles. The fourth-order valence-electron chi connectivity index (χ4n) is 2.24. The fraction of sp³-hybridized carbons (Fsp3) is 0.632. The van der Waals surface area contributed by atoms with Gasteiger partial charge < -0.3 is 18.9 Å². The van der Waals surface area contributed by atoms with Gasteiger partial charge in [-0.05, 0) is 18.3 Å². The summed E-state index contributed by atoms with van der Waals surface area (Å²) in [5.74, 6) is -0.248. The monoisotopic (exact) mass is 338 g/mol. The number of methoxy groups -OCH3 is 1. The Morgan fingerprint density at radius 1 is 1.29 bits per heavy atom. The van der Waals surface area contributed by atoms with Gasteiger partial charge in [0.25, 0.3) is 0 Å². The van der Waals surface area contributed by atoms with Crippen molar-refractivity contribution in [3.63, 3.8) is 0 Å². The minimum Gasteiger partial charge on any atom is -0.459 e. The lowest BCUT2D eigenvalue weighted by atomic mass is 9.86. The van der Waals surface area contributed by atoms with E-state index in [2.05, 4.69) is 26.5 Å². The van der Waals surface area contributed by atoms with E-state index in [0.717, 1.165) is 12.8 Å². The predicted molar refractivity (Wildman–Crippen MR) is 93.6 cm³/mol. The lowest BCUT2D eigenvalue weighted by molar-refractivity contribution is -0.139. The van der Waals surface area contributed by atoms with Crippen LogP contribution in [0.15, 0.2) is 36.5 Å². The van der Waals surface area contributed by atoms with Gasteiger partial charge in [-0.1, -0.05) is 44.7 Å². The molecule has 1 aliphatic heterocycles. The summed E-state index contributed by atoms with van der Waals surface area (Å²) in [6, 6.07) is 0. The van der Waals surface area contributed by atoms with Gasteiger partial charge in [0.05, 0.1) is 19.8 Å². The number of rotatable bonds is 12. The van der Waals surface area contributed by atoms with Gasteiger partial charge in [0.1, 0.15) is 12.9 Å². The predicted octanol–water partition coefficient (Wildman–Crippen LogP) is 3.41. The summed E-state index contributed by atoms with van der Waals surface area (Å²) in [4.78, 5) is 11.3. The third-order valence-electron chi connectivity index (χ3n) is 3.75. The van der Waals surface area contributed by atoms with Crippen molar-refractivity contribution in [1.82, 2.24) is 0 Å². The second kappa shape index (κ2) is 11.2. The van der Waals surface area contributed by atoms with E-state index in [1.807, 2.05) is 18.2 Å². The fourth-order valence-corrected chi connectivity index (χ4v) is 2.24. The highest BCUT2D eigenvalue weighted by atomic mass is 16.7. The molecular weight excluding hydrogens is 308 g/mol. The molecule has 0 aromatic rings. The van der Waals surface area contributed by atoms with Crippen LogP contribution in [0.3, 0.4) is 0 Å². The first kappa shape index (κ1) is 20.6. The lowest BCUT2D eigenvalue weighted by Gasteiger charge is -2.21. The molecule has 1 rings (SSSR count). The quantitative estimate of drug-likeness (QED) is 0.179. The number of cyclic esters (lactones) is 1. The molecule has 0 saturated carbocycles. The van der Waals surface area contributed by atoms with Crippen molar-refractivity contribution in [2.75, 3.05) is 33.7 Å². The molecule has 1 fully saturated rings. The molecule has 0 radical (unpaired) electrons. The number of ether oxygens (including phenoxy) is 4. The standard InChI is InChI=1S/C19H30O5/c1-16-14-17(24-18(16)20)8-10-19(2,3)9-6-5-7-11-22-15-23-13-12-21-4/h5-7,9,17H,1,8,10-15H2,2-4H3/b7-5+,9-6+. The molecule has 136 valence electrons. The second-order valence-electron chi connectivity index (χ2n) is 6.54. The lowest BCUT2D eigenvalue weighted by Crippen LogP contribution is -2.14. The topological polar surface area (TPSA) is 54.0 Å². The molecule has 5 nitrogen and oxygen atoms in total. The van der Waals surface area contributed by atoms with Crippen molar-refractivity contribution in [3.8, 4) is 0 Å². The Bertz CT molecular complexity index is 435. The summed E-state index contributed by atoms with van der Waals surface area (Å²) in [5, 5.41) is 0. The Labute approximate surface area is 145 Å². The highest BCUT2D eigenvalue weighted by Crippen LogP contribution is 2.29. The minimum absolute atomic E-state index is 0.0141. The zero-order valence-corrected chi connectivity index (χ0v) is 15.1. The third kappa shape index (κ3) is 9.01. The van der Waals surface area contributed by atoms with E-state index >= 15 is 0 Å². The number of allylic oxidation sites excluding steroid dienone is 3. The van der Waals surface area contributed by atoms with E-state index in [9.17, 15) is 4.79 Å². The first-order valence-corrected chi connectivity index (χ1v) is 8.32. The average molecular weight is 338 g/mol. The number of carbonyl (C=O) groups is 1. The van der Waals surface area contributed by atoms with Crippen LogP contribution in [0.1, 0.15) is 33.1 Å². The number of hydrogen-bond acceptors (Lipinski definition) is 5. The van der Waals surface area contributed by atoms with E-state index in [1.54, 1.807) is 7.11 Å². The van der Waals surface area contributed by atoms with Crippen LogP contribution in [-0.2, 0) is 23.7 Å². The maximum absolute atomic E-state index is 11.3. The number of hydrogen-bond donors (Lipinski definition) is 0. The SMILES string of the molecule is C=C1CC(CCC(C)(C)/C=C/C=C/COCOCCOC)OC1=O. The van der Waals surface area contributed by atoms with Gasteiger partial charge in [-0.3, -0.25) is 0 Å². The maximum Gasteiger partial charge on any atom is 0.333 e. The summed E-state index contributed by atoms with van der Waals surface area (Å²) in [6.07, 6.45) is 10.5. The summed E-state index contributed by atoms with van der Waals surface area (Å²) in [6.45, 7) is 9.95. The van der Waals surface area contributed by atoms with Gasteiger partial charge in [0.2, 0.25) is 0 Å². The zero-order chi connectivity index (χ0) is 17.8. The van der Waals surface area contributed by atoms with Crippen LogP contribution in [-0.4, -0.2) is 45.8 Å². The van der Waals surface area contributed by atoms with Crippen molar-refractivity contribution in [1.29, 1.82) is 0 Å². The van der Waals surface area contributed by atoms with Gasteiger partial charge in [-0.25, -0.2) is 4.79 Å². The van der Waals surface area contributed by atoms with Gasteiger partial charge in [0, 0.05) is 19.1 Å². The molecule has 1 atom stereocenters. The van der Waals surface area contributed by atoms with E-state index in [0.29, 0.717) is 31.8 Å². The Balaban J connectivity index is 2.14. The summed E-state index contributed by atoms with van der Waals surface area (Å²) >= 11 is 0. The second-order valence-corrected chi connectivity index (χ2v) is 6.54. The number of esters is 1. The average Bonchev–Trinajstić information content (AvgIpc) is 2.86. The largest absolute Gasteiger partial charge is 0.459 e. The van der Waals surface area contributed by atoms with Crippen molar-refractivity contribution >= 4 is 5.97 Å². The highest BCUT2D eigenvalue weighted by molar-refractivity contribution is 5.89. The van der Waals surface area contributed by atoms with Crippen molar-refractivity contribution < 1.29 is 23.7 Å². The van der Waals surface area contributed by atoms with Gasteiger partial charge in [-0.15, -0.1) is 0 Å². The molecule has 1 unspecified atom stereocenters. The molecule has 24 heavy (non-hydrogen) atoms. The molecule has 0 amide bonds. The van der Waals surface area contributed by atoms with Crippen LogP contribution < -0.4 is 0 Å². The third-order valence-corrected chi connectivity index (χ3v) is 3.75. The molecule has 0 bridgehead atoms. The summed E-state index contributed by atoms with van der Waals surface area (Å²) < 4.78 is 20.6. The van der Waals surface area contributed by atoms with Crippen LogP contribution >= 0.6 is 0 Å². The van der Waals surface area contributed by atoms with Crippen molar-refractivity contribution in [3.05, 3.63) is 36.5 Å². The zero-order valence-electron chi connectivity index (χ0n) is 15.1. The molecule has 1 aliphatic rings. The first-order chi connectivity index (χ1) is 11.4. The molecule has 5 heteroatoms. The van der Waals surface area contributed by atoms with Gasteiger partial charge in [0.15, 0.2) is 0 Å². The molecule has 1 saturated heterocycles. The maximum atomic E-state index is 11.3. The molecule has 0 spiro atoms. The van der Waals surface area contributed by atoms with Gasteiger partial charge in [-0.2, -0.15) is 0 Å². The van der Waals surface area contributed by atoms with Crippen molar-refractivity contribution in [2.24, 2.45) is 5.41 Å². The first-order valence-electron chi connectivity index (χ1n) is 8.32. The van der Waals surface area contributed by atoms with Crippen LogP contribution in [0.4, 0.5) is 0 Å². The molecule has 1 heterocycles. The Hall–Kier alpha value is -1.43. The van der Waals surface area contributed by atoms with Crippen LogP contribution in [0.25, 0.3) is 0 Å². The molecule has 0 aromatic carbocycles. The smallest absolute Gasteiger partial charge is 0.333 e. The number of carbonyl (C=O) groups excluding carboxylic acids is 1. The summed E-state index contributed by atoms with van der Waals surface area (Å²) in [7, 11) is 1.64.